The van der Waals surface area contributed by atoms with Gasteiger partial charge in [0.15, 0.2) is 0 Å². The Bertz CT molecular complexity index is 1810. The lowest BCUT2D eigenvalue weighted by molar-refractivity contribution is -0.133. The molecular weight excluding hydrogens is 693 g/mol. The molecule has 10 heteroatoms. The second-order valence-electron chi connectivity index (χ2n) is 15.6. The Balaban J connectivity index is 1.61. The second-order valence-corrected chi connectivity index (χ2v) is 15.6. The molecule has 0 aliphatic heterocycles. The zero-order valence-electron chi connectivity index (χ0n) is 32.5. The lowest BCUT2D eigenvalue weighted by Crippen LogP contribution is -2.55. The Hall–Kier alpha value is -5.48. The Kier molecular flexibility index (Phi) is 15.6. The Morgan fingerprint density at radius 2 is 1.11 bits per heavy atom. The van der Waals surface area contributed by atoms with E-state index in [-0.39, 0.29) is 31.6 Å². The number of nitrogens with one attached hydrogen (secondary N) is 3. The molecule has 0 spiro atoms. The van der Waals surface area contributed by atoms with E-state index in [9.17, 15) is 24.3 Å². The van der Waals surface area contributed by atoms with Crippen molar-refractivity contribution in [1.82, 2.24) is 16.0 Å². The Morgan fingerprint density at radius 3 is 1.64 bits per heavy atom. The Labute approximate surface area is 325 Å². The van der Waals surface area contributed by atoms with Crippen LogP contribution in [0.1, 0.15) is 64.2 Å². The van der Waals surface area contributed by atoms with Crippen LogP contribution in [-0.4, -0.2) is 58.8 Å². The van der Waals surface area contributed by atoms with E-state index in [2.05, 4.69) is 16.0 Å². The topological polar surface area (TPSA) is 160 Å². The molecule has 0 unspecified atom stereocenters. The van der Waals surface area contributed by atoms with Crippen molar-refractivity contribution in [2.45, 2.75) is 96.6 Å². The first kappa shape index (κ1) is 42.3. The van der Waals surface area contributed by atoms with Gasteiger partial charge >= 0.3 is 6.09 Å². The number of hydrogen-bond acceptors (Lipinski definition) is 6. The smallest absolute Gasteiger partial charge is 0.407 e. The average molecular weight is 749 g/mol. The normalized spacial score (nSPS) is 14.2. The van der Waals surface area contributed by atoms with Crippen molar-refractivity contribution < 1.29 is 29.0 Å². The summed E-state index contributed by atoms with van der Waals surface area (Å²) in [6.07, 6.45) is -0.857. The van der Waals surface area contributed by atoms with Crippen LogP contribution in [0.25, 0.3) is 11.1 Å². The van der Waals surface area contributed by atoms with E-state index in [0.717, 1.165) is 27.8 Å². The SMILES string of the molecule is CC(C)C[C@H](NC(=O)[C@H](Cc1ccc(-c2ccccc2)cc1)C[C@H](O)[C@H](Cc1ccccc1)NC(=O)OC(C)(C)C)C(=O)N[C@@H](Cc1ccccc1)C(N)=O. The molecule has 0 saturated heterocycles. The highest BCUT2D eigenvalue weighted by atomic mass is 16.6. The minimum Gasteiger partial charge on any atom is -0.444 e. The van der Waals surface area contributed by atoms with Crippen LogP contribution in [0, 0.1) is 11.8 Å². The van der Waals surface area contributed by atoms with Crippen LogP contribution in [0.15, 0.2) is 115 Å². The van der Waals surface area contributed by atoms with E-state index in [1.54, 1.807) is 20.8 Å². The van der Waals surface area contributed by atoms with Gasteiger partial charge in [0.1, 0.15) is 17.7 Å². The summed E-state index contributed by atoms with van der Waals surface area (Å²) in [5.74, 6) is -2.45. The molecule has 10 nitrogen and oxygen atoms in total. The predicted molar refractivity (Wildman–Crippen MR) is 216 cm³/mol. The lowest BCUT2D eigenvalue weighted by atomic mass is 9.88. The van der Waals surface area contributed by atoms with Gasteiger partial charge in [-0.3, -0.25) is 14.4 Å². The van der Waals surface area contributed by atoms with Crippen LogP contribution in [0.3, 0.4) is 0 Å². The summed E-state index contributed by atoms with van der Waals surface area (Å²) in [7, 11) is 0. The van der Waals surface area contributed by atoms with E-state index in [0.29, 0.717) is 6.42 Å². The number of benzene rings is 4. The van der Waals surface area contributed by atoms with E-state index in [4.69, 9.17) is 10.5 Å². The number of aliphatic hydroxyl groups is 1. The van der Waals surface area contributed by atoms with Crippen LogP contribution >= 0.6 is 0 Å². The van der Waals surface area contributed by atoms with Gasteiger partial charge in [-0.05, 0) is 80.2 Å². The van der Waals surface area contributed by atoms with E-state index in [1.807, 2.05) is 129 Å². The van der Waals surface area contributed by atoms with Crippen molar-refractivity contribution in [3.05, 3.63) is 132 Å². The summed E-state index contributed by atoms with van der Waals surface area (Å²) in [6.45, 7) is 9.16. The molecule has 4 aromatic rings. The maximum absolute atomic E-state index is 14.4. The maximum atomic E-state index is 14.4. The van der Waals surface area contributed by atoms with Crippen molar-refractivity contribution in [2.75, 3.05) is 0 Å². The van der Waals surface area contributed by atoms with Gasteiger partial charge in [0.05, 0.1) is 12.1 Å². The van der Waals surface area contributed by atoms with Crippen LogP contribution in [0.4, 0.5) is 4.79 Å². The number of primary amides is 1. The molecule has 0 bridgehead atoms. The zero-order valence-corrected chi connectivity index (χ0v) is 32.5. The van der Waals surface area contributed by atoms with E-state index < -0.39 is 59.6 Å². The molecule has 55 heavy (non-hydrogen) atoms. The lowest BCUT2D eigenvalue weighted by Gasteiger charge is -2.30. The summed E-state index contributed by atoms with van der Waals surface area (Å²) in [4.78, 5) is 53.6. The van der Waals surface area contributed by atoms with Gasteiger partial charge in [0, 0.05) is 12.3 Å². The number of alkyl carbamates (subject to hydrolysis) is 1. The molecule has 4 rings (SSSR count). The van der Waals surface area contributed by atoms with Crippen LogP contribution < -0.4 is 21.7 Å². The van der Waals surface area contributed by atoms with Crippen molar-refractivity contribution in [3.63, 3.8) is 0 Å². The molecule has 0 radical (unpaired) electrons. The fraction of sp³-hybridized carbons (Fsp3) is 0.378. The molecule has 0 aliphatic carbocycles. The molecule has 0 aliphatic rings. The van der Waals surface area contributed by atoms with Crippen molar-refractivity contribution in [3.8, 4) is 11.1 Å². The summed E-state index contributed by atoms with van der Waals surface area (Å²) in [6, 6.07) is 33.8. The molecule has 0 heterocycles. The van der Waals surface area contributed by atoms with Crippen molar-refractivity contribution >= 4 is 23.8 Å². The summed E-state index contributed by atoms with van der Waals surface area (Å²) in [5, 5.41) is 20.4. The van der Waals surface area contributed by atoms with Crippen LogP contribution in [0.2, 0.25) is 0 Å². The predicted octanol–water partition coefficient (Wildman–Crippen LogP) is 6.14. The first-order valence-electron chi connectivity index (χ1n) is 19.0. The first-order chi connectivity index (χ1) is 26.2. The summed E-state index contributed by atoms with van der Waals surface area (Å²) < 4.78 is 5.54. The largest absolute Gasteiger partial charge is 0.444 e. The fourth-order valence-corrected chi connectivity index (χ4v) is 6.43. The van der Waals surface area contributed by atoms with Crippen LogP contribution in [0.5, 0.6) is 0 Å². The molecule has 6 N–H and O–H groups in total. The quantitative estimate of drug-likeness (QED) is 0.0822. The Morgan fingerprint density at radius 1 is 0.618 bits per heavy atom. The fourth-order valence-electron chi connectivity index (χ4n) is 6.43. The van der Waals surface area contributed by atoms with Crippen molar-refractivity contribution in [1.29, 1.82) is 0 Å². The molecule has 5 atom stereocenters. The highest BCUT2D eigenvalue weighted by Gasteiger charge is 2.33. The molecule has 0 aromatic heterocycles. The number of hydrogen-bond donors (Lipinski definition) is 5. The number of carbonyl (C=O) groups is 4. The van der Waals surface area contributed by atoms with Gasteiger partial charge in [-0.1, -0.05) is 129 Å². The molecule has 0 saturated carbocycles. The molecular formula is C45H56N4O6. The third kappa shape index (κ3) is 14.4. The number of rotatable bonds is 18. The number of nitrogens with two attached hydrogens (primary N) is 1. The zero-order chi connectivity index (χ0) is 40.0. The monoisotopic (exact) mass is 748 g/mol. The molecule has 4 aromatic carbocycles. The molecule has 292 valence electrons. The van der Waals surface area contributed by atoms with Gasteiger partial charge in [-0.2, -0.15) is 0 Å². The summed E-state index contributed by atoms with van der Waals surface area (Å²) in [5.41, 5.74) is 9.59. The van der Waals surface area contributed by atoms with Gasteiger partial charge in [-0.15, -0.1) is 0 Å². The van der Waals surface area contributed by atoms with Crippen molar-refractivity contribution in [2.24, 2.45) is 17.6 Å². The minimum atomic E-state index is -1.17. The number of amides is 4. The van der Waals surface area contributed by atoms with E-state index >= 15 is 0 Å². The van der Waals surface area contributed by atoms with E-state index in [1.165, 1.54) is 0 Å². The maximum Gasteiger partial charge on any atom is 0.407 e. The minimum absolute atomic E-state index is 0.0139. The van der Waals surface area contributed by atoms with Gasteiger partial charge < -0.3 is 31.5 Å². The highest BCUT2D eigenvalue weighted by Crippen LogP contribution is 2.24. The standard InChI is InChI=1S/C45H56N4O6/c1-30(2)25-39(43(53)47-38(41(46)51)28-32-17-11-7-12-18-32)48-42(52)36(26-33-21-23-35(24-22-33)34-19-13-8-14-20-34)29-40(50)37(27-31-15-9-6-10-16-31)49-44(54)55-45(3,4)5/h6-24,30,36-40,50H,25-29H2,1-5H3,(H2,46,51)(H,47,53)(H,48,52)(H,49,54)/t36-,37+,38+,39+,40+/m1/s1. The molecule has 4 amide bonds. The number of aliphatic hydroxyl groups excluding tert-OH is 1. The highest BCUT2D eigenvalue weighted by molar-refractivity contribution is 5.92. The second kappa shape index (κ2) is 20.3. The van der Waals surface area contributed by atoms with Gasteiger partial charge in [-0.25, -0.2) is 4.79 Å². The average Bonchev–Trinajstić information content (AvgIpc) is 3.14. The number of carbonyl (C=O) groups excluding carboxylic acids is 4. The third-order valence-corrected chi connectivity index (χ3v) is 9.19. The van der Waals surface area contributed by atoms with Gasteiger partial charge in [0.25, 0.3) is 0 Å². The number of ether oxygens (including phenoxy) is 1. The first-order valence-corrected chi connectivity index (χ1v) is 19.0. The van der Waals surface area contributed by atoms with Crippen LogP contribution in [-0.2, 0) is 38.4 Å². The van der Waals surface area contributed by atoms with Gasteiger partial charge in [0.2, 0.25) is 17.7 Å². The third-order valence-electron chi connectivity index (χ3n) is 9.19. The summed E-state index contributed by atoms with van der Waals surface area (Å²) >= 11 is 0. The molecule has 0 fully saturated rings.